The van der Waals surface area contributed by atoms with Gasteiger partial charge in [-0.2, -0.15) is 0 Å². The number of nitrogens with one attached hydrogen (secondary N) is 1. The number of carbonyl (C=O) groups excluding carboxylic acids is 1. The highest BCUT2D eigenvalue weighted by atomic mass is 35.5. The Morgan fingerprint density at radius 2 is 2.00 bits per heavy atom. The van der Waals surface area contributed by atoms with E-state index in [9.17, 15) is 4.79 Å². The number of allylic oxidation sites excluding steroid dienone is 1. The maximum atomic E-state index is 12.8. The number of nitrogens with zero attached hydrogens (tertiary/aromatic N) is 1. The van der Waals surface area contributed by atoms with Crippen LogP contribution < -0.4 is 5.32 Å². The van der Waals surface area contributed by atoms with E-state index >= 15 is 0 Å². The van der Waals surface area contributed by atoms with Crippen LogP contribution in [-0.2, 0) is 14.3 Å². The van der Waals surface area contributed by atoms with E-state index < -0.39 is 0 Å². The van der Waals surface area contributed by atoms with E-state index in [4.69, 9.17) is 33.3 Å². The molecule has 0 aromatic heterocycles. The molecule has 1 aliphatic heterocycles. The van der Waals surface area contributed by atoms with Gasteiger partial charge in [-0.05, 0) is 49.7 Å². The summed E-state index contributed by atoms with van der Waals surface area (Å²) < 4.78 is 10.4. The predicted octanol–water partition coefficient (Wildman–Crippen LogP) is 3.20. The lowest BCUT2D eigenvalue weighted by atomic mass is 9.95. The van der Waals surface area contributed by atoms with Crippen molar-refractivity contribution in [2.45, 2.75) is 31.8 Å². The molecule has 1 unspecified atom stereocenters. The molecule has 0 spiro atoms. The summed E-state index contributed by atoms with van der Waals surface area (Å²) in [6.07, 6.45) is 2.16. The Balaban J connectivity index is 1.95. The highest BCUT2D eigenvalue weighted by Gasteiger charge is 2.40. The number of hydrogen-bond donors (Lipinski definition) is 1. The standard InChI is InChI=1S/C18H21ClN2O3S/c1-11-15(17(22)24-10-9-23-2)16(12-3-5-13(19)6-4-12)20-18(25)21(11)14-7-8-14/h3-6,14,16H,7-10H2,1-2H3,(H,20,25). The zero-order valence-electron chi connectivity index (χ0n) is 14.3. The monoisotopic (exact) mass is 380 g/mol. The predicted molar refractivity (Wildman–Crippen MR) is 100 cm³/mol. The lowest BCUT2D eigenvalue weighted by molar-refractivity contribution is -0.140. The average molecular weight is 381 g/mol. The van der Waals surface area contributed by atoms with Gasteiger partial charge in [0.05, 0.1) is 18.2 Å². The van der Waals surface area contributed by atoms with E-state index in [1.165, 1.54) is 0 Å². The molecule has 0 amide bonds. The van der Waals surface area contributed by atoms with E-state index in [-0.39, 0.29) is 18.6 Å². The largest absolute Gasteiger partial charge is 0.460 e. The molecule has 2 aliphatic rings. The summed E-state index contributed by atoms with van der Waals surface area (Å²) in [5.74, 6) is -0.352. The number of ether oxygens (including phenoxy) is 2. The van der Waals surface area contributed by atoms with E-state index in [2.05, 4.69) is 5.32 Å². The van der Waals surface area contributed by atoms with Crippen LogP contribution in [0.2, 0.25) is 5.02 Å². The molecule has 1 fully saturated rings. The molecular weight excluding hydrogens is 360 g/mol. The van der Waals surface area contributed by atoms with Gasteiger partial charge in [0.1, 0.15) is 6.61 Å². The van der Waals surface area contributed by atoms with Crippen LogP contribution >= 0.6 is 23.8 Å². The molecule has 0 bridgehead atoms. The Morgan fingerprint density at radius 1 is 1.32 bits per heavy atom. The van der Waals surface area contributed by atoms with Crippen molar-refractivity contribution in [3.05, 3.63) is 46.1 Å². The van der Waals surface area contributed by atoms with Gasteiger partial charge in [-0.15, -0.1) is 0 Å². The van der Waals surface area contributed by atoms with Crippen molar-refractivity contribution in [2.75, 3.05) is 20.3 Å². The summed E-state index contributed by atoms with van der Waals surface area (Å²) in [5, 5.41) is 4.59. The molecule has 7 heteroatoms. The first-order chi connectivity index (χ1) is 12.0. The van der Waals surface area contributed by atoms with Crippen LogP contribution in [0.25, 0.3) is 0 Å². The fourth-order valence-corrected chi connectivity index (χ4v) is 3.52. The van der Waals surface area contributed by atoms with Crippen molar-refractivity contribution in [1.82, 2.24) is 10.2 Å². The second-order valence-corrected chi connectivity index (χ2v) is 6.99. The zero-order chi connectivity index (χ0) is 18.0. The van der Waals surface area contributed by atoms with Crippen LogP contribution in [0.4, 0.5) is 0 Å². The molecule has 1 aromatic carbocycles. The lowest BCUT2D eigenvalue weighted by Crippen LogP contribution is -2.48. The lowest BCUT2D eigenvalue weighted by Gasteiger charge is -2.37. The van der Waals surface area contributed by atoms with Crippen LogP contribution in [0.5, 0.6) is 0 Å². The maximum Gasteiger partial charge on any atom is 0.338 e. The Hall–Kier alpha value is -1.63. The summed E-state index contributed by atoms with van der Waals surface area (Å²) in [7, 11) is 1.57. The third-order valence-corrected chi connectivity index (χ3v) is 4.95. The van der Waals surface area contributed by atoms with Crippen molar-refractivity contribution < 1.29 is 14.3 Å². The van der Waals surface area contributed by atoms with E-state index in [1.54, 1.807) is 19.2 Å². The maximum absolute atomic E-state index is 12.8. The Morgan fingerprint density at radius 3 is 2.60 bits per heavy atom. The highest BCUT2D eigenvalue weighted by molar-refractivity contribution is 7.80. The minimum Gasteiger partial charge on any atom is -0.460 e. The third-order valence-electron chi connectivity index (χ3n) is 4.38. The van der Waals surface area contributed by atoms with Crippen molar-refractivity contribution in [2.24, 2.45) is 0 Å². The van der Waals surface area contributed by atoms with Gasteiger partial charge in [0, 0.05) is 23.9 Å². The number of hydrogen-bond acceptors (Lipinski definition) is 4. The van der Waals surface area contributed by atoms with Gasteiger partial charge in [0.15, 0.2) is 5.11 Å². The molecule has 0 saturated heterocycles. The van der Waals surface area contributed by atoms with Crippen LogP contribution in [0.1, 0.15) is 31.4 Å². The molecule has 1 atom stereocenters. The number of rotatable bonds is 6. The minimum absolute atomic E-state index is 0.216. The van der Waals surface area contributed by atoms with Crippen molar-refractivity contribution in [1.29, 1.82) is 0 Å². The minimum atomic E-state index is -0.352. The first kappa shape index (κ1) is 18.2. The van der Waals surface area contributed by atoms with Gasteiger partial charge in [0.25, 0.3) is 0 Å². The zero-order valence-corrected chi connectivity index (χ0v) is 15.8. The second-order valence-electron chi connectivity index (χ2n) is 6.16. The molecule has 5 nitrogen and oxygen atoms in total. The van der Waals surface area contributed by atoms with Gasteiger partial charge in [0.2, 0.25) is 0 Å². The summed E-state index contributed by atoms with van der Waals surface area (Å²) >= 11 is 11.5. The molecule has 134 valence electrons. The molecule has 1 N–H and O–H groups in total. The van der Waals surface area contributed by atoms with Crippen LogP contribution in [0.15, 0.2) is 35.5 Å². The van der Waals surface area contributed by atoms with Gasteiger partial charge in [-0.25, -0.2) is 4.79 Å². The second kappa shape index (κ2) is 7.72. The van der Waals surface area contributed by atoms with E-state index in [0.29, 0.717) is 28.4 Å². The Kier molecular flexibility index (Phi) is 5.61. The van der Waals surface area contributed by atoms with Crippen LogP contribution in [0.3, 0.4) is 0 Å². The van der Waals surface area contributed by atoms with Crippen molar-refractivity contribution in [3.8, 4) is 0 Å². The number of esters is 1. The number of halogens is 1. The van der Waals surface area contributed by atoms with Gasteiger partial charge in [-0.3, -0.25) is 0 Å². The first-order valence-corrected chi connectivity index (χ1v) is 9.03. The van der Waals surface area contributed by atoms with E-state index in [1.807, 2.05) is 24.0 Å². The van der Waals surface area contributed by atoms with Gasteiger partial charge in [-0.1, -0.05) is 23.7 Å². The Labute approximate surface area is 157 Å². The molecule has 3 rings (SSSR count). The summed E-state index contributed by atoms with van der Waals surface area (Å²) in [4.78, 5) is 14.8. The summed E-state index contributed by atoms with van der Waals surface area (Å²) in [6, 6.07) is 7.41. The molecule has 1 aromatic rings. The number of carbonyl (C=O) groups is 1. The van der Waals surface area contributed by atoms with Gasteiger partial charge >= 0.3 is 5.97 Å². The van der Waals surface area contributed by atoms with Crippen LogP contribution in [-0.4, -0.2) is 42.3 Å². The smallest absolute Gasteiger partial charge is 0.338 e. The average Bonchev–Trinajstić information content (AvgIpc) is 3.40. The molecular formula is C18H21ClN2O3S. The fourth-order valence-electron chi connectivity index (χ4n) is 2.99. The Bertz CT molecular complexity index is 701. The van der Waals surface area contributed by atoms with Crippen molar-refractivity contribution >= 4 is 34.9 Å². The fraction of sp³-hybridized carbons (Fsp3) is 0.444. The molecule has 25 heavy (non-hydrogen) atoms. The SMILES string of the molecule is COCCOC(=O)C1=C(C)N(C2CC2)C(=S)NC1c1ccc(Cl)cc1. The topological polar surface area (TPSA) is 50.8 Å². The molecule has 1 saturated carbocycles. The summed E-state index contributed by atoms with van der Waals surface area (Å²) in [6.45, 7) is 2.51. The first-order valence-electron chi connectivity index (χ1n) is 8.25. The van der Waals surface area contributed by atoms with E-state index in [0.717, 1.165) is 24.1 Å². The molecule has 1 aliphatic carbocycles. The highest BCUT2D eigenvalue weighted by Crippen LogP contribution is 2.38. The van der Waals surface area contributed by atoms with Crippen LogP contribution in [0, 0.1) is 0 Å². The third kappa shape index (κ3) is 3.97. The quantitative estimate of drug-likeness (QED) is 0.464. The van der Waals surface area contributed by atoms with Gasteiger partial charge < -0.3 is 19.7 Å². The number of methoxy groups -OCH3 is 1. The molecule has 1 heterocycles. The summed E-state index contributed by atoms with van der Waals surface area (Å²) in [5.41, 5.74) is 2.35. The van der Waals surface area contributed by atoms with Crippen molar-refractivity contribution in [3.63, 3.8) is 0 Å². The normalized spacial score (nSPS) is 20.5. The number of thiocarbonyl (C=S) groups is 1. The molecule has 0 radical (unpaired) electrons. The number of benzene rings is 1.